The van der Waals surface area contributed by atoms with Gasteiger partial charge in [-0.25, -0.2) is 4.98 Å². The van der Waals surface area contributed by atoms with Gasteiger partial charge in [0.15, 0.2) is 0 Å². The minimum absolute atomic E-state index is 0.0753. The molecule has 0 aliphatic heterocycles. The molecule has 3 rings (SSSR count). The van der Waals surface area contributed by atoms with Crippen molar-refractivity contribution in [1.29, 1.82) is 0 Å². The van der Waals surface area contributed by atoms with Crippen LogP contribution in [0.5, 0.6) is 5.75 Å². The second-order valence-electron chi connectivity index (χ2n) is 6.13. The number of aryl methyl sites for hydroxylation is 2. The van der Waals surface area contributed by atoms with Gasteiger partial charge in [0, 0.05) is 29.0 Å². The predicted molar refractivity (Wildman–Crippen MR) is 106 cm³/mol. The fourth-order valence-electron chi connectivity index (χ4n) is 2.70. The van der Waals surface area contributed by atoms with Gasteiger partial charge in [-0.3, -0.25) is 4.79 Å². The maximum atomic E-state index is 12.2. The molecule has 0 saturated carbocycles. The number of carbonyl (C=O) groups excluding carboxylic acids is 1. The lowest BCUT2D eigenvalue weighted by Gasteiger charge is -2.05. The molecule has 0 spiro atoms. The van der Waals surface area contributed by atoms with E-state index in [1.807, 2.05) is 6.92 Å². The number of aromatic nitrogens is 1. The third-order valence-electron chi connectivity index (χ3n) is 4.15. The first-order chi connectivity index (χ1) is 12.6. The monoisotopic (exact) mass is 366 g/mol. The molecule has 26 heavy (non-hydrogen) atoms. The van der Waals surface area contributed by atoms with Gasteiger partial charge in [-0.2, -0.15) is 0 Å². The Kier molecular flexibility index (Phi) is 5.68. The van der Waals surface area contributed by atoms with Crippen molar-refractivity contribution in [3.05, 3.63) is 70.2 Å². The van der Waals surface area contributed by atoms with Crippen molar-refractivity contribution in [2.75, 3.05) is 13.7 Å². The number of hydrogen-bond acceptors (Lipinski definition) is 4. The zero-order valence-electron chi connectivity index (χ0n) is 15.2. The Balaban J connectivity index is 1.60. The number of carbonyl (C=O) groups is 1. The zero-order valence-corrected chi connectivity index (χ0v) is 16.0. The van der Waals surface area contributed by atoms with Gasteiger partial charge in [0.1, 0.15) is 10.8 Å². The lowest BCUT2D eigenvalue weighted by molar-refractivity contribution is 0.0954. The van der Waals surface area contributed by atoms with Crippen LogP contribution in [0, 0.1) is 13.8 Å². The van der Waals surface area contributed by atoms with Crippen LogP contribution in [0.25, 0.3) is 10.6 Å². The Morgan fingerprint density at radius 1 is 1.15 bits per heavy atom. The van der Waals surface area contributed by atoms with Gasteiger partial charge in [-0.1, -0.05) is 23.8 Å². The molecule has 1 heterocycles. The summed E-state index contributed by atoms with van der Waals surface area (Å²) in [5.41, 5.74) is 4.03. The SMILES string of the molecule is COc1ccc(C(=O)NCCc2sc(-c3cccc(C)c3)nc2C)cc1. The average Bonchev–Trinajstić information content (AvgIpc) is 3.02. The molecular formula is C21H22N2O2S. The maximum absolute atomic E-state index is 12.2. The summed E-state index contributed by atoms with van der Waals surface area (Å²) in [4.78, 5) is 18.1. The summed E-state index contributed by atoms with van der Waals surface area (Å²) < 4.78 is 5.11. The summed E-state index contributed by atoms with van der Waals surface area (Å²) in [6.45, 7) is 4.69. The summed E-state index contributed by atoms with van der Waals surface area (Å²) in [6.07, 6.45) is 0.775. The average molecular weight is 366 g/mol. The van der Waals surface area contributed by atoms with E-state index in [1.54, 1.807) is 42.7 Å². The summed E-state index contributed by atoms with van der Waals surface area (Å²) in [6, 6.07) is 15.5. The molecule has 0 saturated heterocycles. The van der Waals surface area contributed by atoms with Crippen LogP contribution in [0.4, 0.5) is 0 Å². The van der Waals surface area contributed by atoms with Gasteiger partial charge < -0.3 is 10.1 Å². The minimum Gasteiger partial charge on any atom is -0.497 e. The number of thiazole rings is 1. The van der Waals surface area contributed by atoms with Gasteiger partial charge in [0.2, 0.25) is 0 Å². The van der Waals surface area contributed by atoms with E-state index in [9.17, 15) is 4.79 Å². The highest BCUT2D eigenvalue weighted by atomic mass is 32.1. The van der Waals surface area contributed by atoms with Gasteiger partial charge in [0.25, 0.3) is 5.91 Å². The predicted octanol–water partition coefficient (Wildman–Crippen LogP) is 4.41. The van der Waals surface area contributed by atoms with Gasteiger partial charge in [0.05, 0.1) is 12.8 Å². The molecule has 4 nitrogen and oxygen atoms in total. The van der Waals surface area contributed by atoms with E-state index >= 15 is 0 Å². The second kappa shape index (κ2) is 8.15. The van der Waals surface area contributed by atoms with E-state index < -0.39 is 0 Å². The topological polar surface area (TPSA) is 51.2 Å². The van der Waals surface area contributed by atoms with Crippen LogP contribution in [0.3, 0.4) is 0 Å². The van der Waals surface area contributed by atoms with E-state index in [0.717, 1.165) is 28.4 Å². The molecule has 0 unspecified atom stereocenters. The molecule has 2 aromatic carbocycles. The molecule has 0 aliphatic rings. The Bertz CT molecular complexity index is 901. The quantitative estimate of drug-likeness (QED) is 0.703. The van der Waals surface area contributed by atoms with Crippen LogP contribution in [-0.2, 0) is 6.42 Å². The number of amides is 1. The molecule has 1 amide bonds. The molecule has 134 valence electrons. The van der Waals surface area contributed by atoms with Crippen molar-refractivity contribution in [2.24, 2.45) is 0 Å². The Hall–Kier alpha value is -2.66. The fraction of sp³-hybridized carbons (Fsp3) is 0.238. The molecule has 0 aliphatic carbocycles. The molecule has 0 radical (unpaired) electrons. The number of ether oxygens (including phenoxy) is 1. The standard InChI is InChI=1S/C21H22N2O2S/c1-14-5-4-6-17(13-14)21-23-15(2)19(26-21)11-12-22-20(24)16-7-9-18(25-3)10-8-16/h4-10,13H,11-12H2,1-3H3,(H,22,24). The Labute approximate surface area is 157 Å². The first kappa shape index (κ1) is 18.1. The Morgan fingerprint density at radius 2 is 1.92 bits per heavy atom. The molecule has 3 aromatic rings. The molecule has 0 bridgehead atoms. The molecule has 0 fully saturated rings. The van der Waals surface area contributed by atoms with Crippen molar-refractivity contribution in [3.63, 3.8) is 0 Å². The highest BCUT2D eigenvalue weighted by molar-refractivity contribution is 7.15. The van der Waals surface area contributed by atoms with Crippen LogP contribution >= 0.6 is 11.3 Å². The van der Waals surface area contributed by atoms with E-state index in [-0.39, 0.29) is 5.91 Å². The molecule has 1 N–H and O–H groups in total. The first-order valence-electron chi connectivity index (χ1n) is 8.52. The molecule has 1 aromatic heterocycles. The van der Waals surface area contributed by atoms with Crippen LogP contribution in [-0.4, -0.2) is 24.5 Å². The summed E-state index contributed by atoms with van der Waals surface area (Å²) in [5.74, 6) is 0.666. The van der Waals surface area contributed by atoms with Gasteiger partial charge >= 0.3 is 0 Å². The number of nitrogens with one attached hydrogen (secondary N) is 1. The smallest absolute Gasteiger partial charge is 0.251 e. The minimum atomic E-state index is -0.0753. The van der Waals surface area contributed by atoms with Crippen molar-refractivity contribution >= 4 is 17.2 Å². The van der Waals surface area contributed by atoms with E-state index in [1.165, 1.54) is 10.4 Å². The highest BCUT2D eigenvalue weighted by Gasteiger charge is 2.11. The Morgan fingerprint density at radius 3 is 2.62 bits per heavy atom. The van der Waals surface area contributed by atoms with Crippen LogP contribution < -0.4 is 10.1 Å². The number of benzene rings is 2. The number of rotatable bonds is 6. The zero-order chi connectivity index (χ0) is 18.5. The van der Waals surface area contributed by atoms with E-state index in [0.29, 0.717) is 12.1 Å². The number of methoxy groups -OCH3 is 1. The van der Waals surface area contributed by atoms with Crippen molar-refractivity contribution in [1.82, 2.24) is 10.3 Å². The lowest BCUT2D eigenvalue weighted by Crippen LogP contribution is -2.25. The third kappa shape index (κ3) is 4.29. The van der Waals surface area contributed by atoms with E-state index in [4.69, 9.17) is 4.74 Å². The number of nitrogens with zero attached hydrogens (tertiary/aromatic N) is 1. The summed E-state index contributed by atoms with van der Waals surface area (Å²) in [5, 5.41) is 4.00. The molecule has 0 atom stereocenters. The first-order valence-corrected chi connectivity index (χ1v) is 9.34. The maximum Gasteiger partial charge on any atom is 0.251 e. The van der Waals surface area contributed by atoms with Gasteiger partial charge in [-0.15, -0.1) is 11.3 Å². The van der Waals surface area contributed by atoms with E-state index in [2.05, 4.69) is 41.5 Å². The third-order valence-corrected chi connectivity index (χ3v) is 5.41. The van der Waals surface area contributed by atoms with Crippen molar-refractivity contribution < 1.29 is 9.53 Å². The highest BCUT2D eigenvalue weighted by Crippen LogP contribution is 2.28. The lowest BCUT2D eigenvalue weighted by atomic mass is 10.1. The molecule has 5 heteroatoms. The molecular weight excluding hydrogens is 344 g/mol. The normalized spacial score (nSPS) is 10.6. The fourth-order valence-corrected chi connectivity index (χ4v) is 3.75. The van der Waals surface area contributed by atoms with Crippen LogP contribution in [0.1, 0.15) is 26.5 Å². The number of hydrogen-bond donors (Lipinski definition) is 1. The summed E-state index contributed by atoms with van der Waals surface area (Å²) in [7, 11) is 1.61. The van der Waals surface area contributed by atoms with Crippen molar-refractivity contribution in [2.45, 2.75) is 20.3 Å². The van der Waals surface area contributed by atoms with Crippen LogP contribution in [0.2, 0.25) is 0 Å². The van der Waals surface area contributed by atoms with Crippen LogP contribution in [0.15, 0.2) is 48.5 Å². The largest absolute Gasteiger partial charge is 0.497 e. The van der Waals surface area contributed by atoms with Crippen molar-refractivity contribution in [3.8, 4) is 16.3 Å². The van der Waals surface area contributed by atoms with Gasteiger partial charge in [-0.05, 0) is 44.2 Å². The summed E-state index contributed by atoms with van der Waals surface area (Å²) >= 11 is 1.69. The second-order valence-corrected chi connectivity index (χ2v) is 7.22.